The van der Waals surface area contributed by atoms with Gasteiger partial charge in [-0.25, -0.2) is 9.18 Å². The molecular formula is C17H16FN3O2. The topological polar surface area (TPSA) is 61.4 Å². The molecule has 1 fully saturated rings. The summed E-state index contributed by atoms with van der Waals surface area (Å²) in [5.41, 5.74) is 1.18. The summed E-state index contributed by atoms with van der Waals surface area (Å²) < 4.78 is 13.3. The fourth-order valence-corrected chi connectivity index (χ4v) is 2.57. The van der Waals surface area contributed by atoms with Gasteiger partial charge in [0.1, 0.15) is 5.82 Å². The summed E-state index contributed by atoms with van der Waals surface area (Å²) in [5, 5.41) is 5.47. The van der Waals surface area contributed by atoms with Gasteiger partial charge < -0.3 is 15.5 Å². The Morgan fingerprint density at radius 1 is 1.13 bits per heavy atom. The Kier molecular flexibility index (Phi) is 4.23. The van der Waals surface area contributed by atoms with Crippen molar-refractivity contribution in [1.82, 2.24) is 5.32 Å². The van der Waals surface area contributed by atoms with Crippen LogP contribution >= 0.6 is 0 Å². The SMILES string of the molecule is O=C(Nc1ccccc1)NC1CC(=O)N(c2cccc(F)c2)C1. The van der Waals surface area contributed by atoms with E-state index < -0.39 is 5.82 Å². The minimum Gasteiger partial charge on any atom is -0.333 e. The number of carbonyl (C=O) groups is 2. The van der Waals surface area contributed by atoms with Crippen LogP contribution in [0.3, 0.4) is 0 Å². The van der Waals surface area contributed by atoms with E-state index in [-0.39, 0.29) is 24.4 Å². The molecule has 5 nitrogen and oxygen atoms in total. The molecule has 3 amide bonds. The predicted octanol–water partition coefficient (Wildman–Crippen LogP) is 2.75. The lowest BCUT2D eigenvalue weighted by atomic mass is 10.2. The van der Waals surface area contributed by atoms with E-state index in [0.29, 0.717) is 17.9 Å². The van der Waals surface area contributed by atoms with E-state index in [1.54, 1.807) is 24.3 Å². The fourth-order valence-electron chi connectivity index (χ4n) is 2.57. The highest BCUT2D eigenvalue weighted by Gasteiger charge is 2.31. The van der Waals surface area contributed by atoms with Crippen molar-refractivity contribution in [3.63, 3.8) is 0 Å². The maximum atomic E-state index is 13.3. The molecule has 1 unspecified atom stereocenters. The lowest BCUT2D eigenvalue weighted by Gasteiger charge is -2.17. The summed E-state index contributed by atoms with van der Waals surface area (Å²) in [6, 6.07) is 14.2. The Balaban J connectivity index is 1.60. The average molecular weight is 313 g/mol. The van der Waals surface area contributed by atoms with Crippen LogP contribution in [0.5, 0.6) is 0 Å². The monoisotopic (exact) mass is 313 g/mol. The first-order valence-electron chi connectivity index (χ1n) is 7.30. The molecule has 6 heteroatoms. The maximum Gasteiger partial charge on any atom is 0.319 e. The first kappa shape index (κ1) is 15.0. The van der Waals surface area contributed by atoms with Gasteiger partial charge in [-0.3, -0.25) is 4.79 Å². The average Bonchev–Trinajstić information content (AvgIpc) is 2.88. The second kappa shape index (κ2) is 6.48. The van der Waals surface area contributed by atoms with Crippen LogP contribution in [0.25, 0.3) is 0 Å². The number of urea groups is 1. The van der Waals surface area contributed by atoms with Crippen molar-refractivity contribution in [2.75, 3.05) is 16.8 Å². The number of benzene rings is 2. The number of hydrogen-bond acceptors (Lipinski definition) is 2. The van der Waals surface area contributed by atoms with Crippen LogP contribution in [-0.4, -0.2) is 24.5 Å². The van der Waals surface area contributed by atoms with Gasteiger partial charge in [-0.1, -0.05) is 24.3 Å². The third-order valence-corrected chi connectivity index (χ3v) is 3.61. The van der Waals surface area contributed by atoms with Crippen molar-refractivity contribution in [3.05, 3.63) is 60.4 Å². The number of para-hydroxylation sites is 1. The number of hydrogen-bond donors (Lipinski definition) is 2. The van der Waals surface area contributed by atoms with Gasteiger partial charge in [-0.05, 0) is 30.3 Å². The molecule has 3 rings (SSSR count). The van der Waals surface area contributed by atoms with Gasteiger partial charge in [0.2, 0.25) is 5.91 Å². The summed E-state index contributed by atoms with van der Waals surface area (Å²) in [4.78, 5) is 25.5. The molecule has 0 aliphatic carbocycles. The van der Waals surface area contributed by atoms with E-state index >= 15 is 0 Å². The number of halogens is 1. The lowest BCUT2D eigenvalue weighted by Crippen LogP contribution is -2.39. The highest BCUT2D eigenvalue weighted by Crippen LogP contribution is 2.22. The molecule has 23 heavy (non-hydrogen) atoms. The third-order valence-electron chi connectivity index (χ3n) is 3.61. The maximum absolute atomic E-state index is 13.3. The van der Waals surface area contributed by atoms with Gasteiger partial charge in [0.05, 0.1) is 6.04 Å². The van der Waals surface area contributed by atoms with Crippen LogP contribution in [0.4, 0.5) is 20.6 Å². The Hall–Kier alpha value is -2.89. The quantitative estimate of drug-likeness (QED) is 0.915. The first-order chi connectivity index (χ1) is 11.1. The van der Waals surface area contributed by atoms with Crippen LogP contribution in [0.2, 0.25) is 0 Å². The van der Waals surface area contributed by atoms with Gasteiger partial charge in [-0.15, -0.1) is 0 Å². The van der Waals surface area contributed by atoms with Crippen molar-refractivity contribution in [2.24, 2.45) is 0 Å². The number of carbonyl (C=O) groups excluding carboxylic acids is 2. The van der Waals surface area contributed by atoms with E-state index in [1.807, 2.05) is 18.2 Å². The molecule has 1 aliphatic heterocycles. The van der Waals surface area contributed by atoms with Gasteiger partial charge in [0.25, 0.3) is 0 Å². The zero-order valence-corrected chi connectivity index (χ0v) is 12.3. The zero-order valence-electron chi connectivity index (χ0n) is 12.3. The van der Waals surface area contributed by atoms with E-state index in [9.17, 15) is 14.0 Å². The number of nitrogens with one attached hydrogen (secondary N) is 2. The number of nitrogens with zero attached hydrogens (tertiary/aromatic N) is 1. The lowest BCUT2D eigenvalue weighted by molar-refractivity contribution is -0.117. The zero-order chi connectivity index (χ0) is 16.2. The molecule has 0 saturated carbocycles. The summed E-state index contributed by atoms with van der Waals surface area (Å²) in [6.07, 6.45) is 0.193. The van der Waals surface area contributed by atoms with E-state index in [0.717, 1.165) is 0 Å². The number of anilines is 2. The second-order valence-electron chi connectivity index (χ2n) is 5.35. The Morgan fingerprint density at radius 2 is 1.91 bits per heavy atom. The molecular weight excluding hydrogens is 297 g/mol. The summed E-state index contributed by atoms with van der Waals surface area (Å²) in [5.74, 6) is -0.533. The Bertz CT molecular complexity index is 721. The van der Waals surface area contributed by atoms with Crippen molar-refractivity contribution >= 4 is 23.3 Å². The van der Waals surface area contributed by atoms with Crippen LogP contribution in [-0.2, 0) is 4.79 Å². The molecule has 2 aromatic rings. The number of amides is 3. The Morgan fingerprint density at radius 3 is 2.65 bits per heavy atom. The van der Waals surface area contributed by atoms with Crippen molar-refractivity contribution < 1.29 is 14.0 Å². The summed E-state index contributed by atoms with van der Waals surface area (Å²) >= 11 is 0. The third kappa shape index (κ3) is 3.66. The van der Waals surface area contributed by atoms with Crippen LogP contribution in [0.15, 0.2) is 54.6 Å². The minimum absolute atomic E-state index is 0.138. The van der Waals surface area contributed by atoms with E-state index in [2.05, 4.69) is 10.6 Å². The molecule has 0 radical (unpaired) electrons. The van der Waals surface area contributed by atoms with E-state index in [1.165, 1.54) is 17.0 Å². The van der Waals surface area contributed by atoms with E-state index in [4.69, 9.17) is 0 Å². The second-order valence-corrected chi connectivity index (χ2v) is 5.35. The molecule has 0 bridgehead atoms. The van der Waals surface area contributed by atoms with Crippen molar-refractivity contribution in [1.29, 1.82) is 0 Å². The molecule has 1 heterocycles. The molecule has 0 spiro atoms. The predicted molar refractivity (Wildman–Crippen MR) is 85.8 cm³/mol. The summed E-state index contributed by atoms with van der Waals surface area (Å²) in [7, 11) is 0. The first-order valence-corrected chi connectivity index (χ1v) is 7.30. The van der Waals surface area contributed by atoms with Gasteiger partial charge in [0, 0.05) is 24.3 Å². The molecule has 118 valence electrons. The molecule has 1 atom stereocenters. The van der Waals surface area contributed by atoms with Crippen molar-refractivity contribution in [2.45, 2.75) is 12.5 Å². The van der Waals surface area contributed by atoms with Crippen LogP contribution in [0.1, 0.15) is 6.42 Å². The van der Waals surface area contributed by atoms with Gasteiger partial charge in [-0.2, -0.15) is 0 Å². The fraction of sp³-hybridized carbons (Fsp3) is 0.176. The number of rotatable bonds is 3. The normalized spacial score (nSPS) is 17.2. The largest absolute Gasteiger partial charge is 0.333 e. The standard InChI is InChI=1S/C17H16FN3O2/c18-12-5-4-8-15(9-12)21-11-14(10-16(21)22)20-17(23)19-13-6-2-1-3-7-13/h1-9,14H,10-11H2,(H2,19,20,23). The smallest absolute Gasteiger partial charge is 0.319 e. The molecule has 2 aromatic carbocycles. The minimum atomic E-state index is -0.395. The van der Waals surface area contributed by atoms with Gasteiger partial charge >= 0.3 is 6.03 Å². The highest BCUT2D eigenvalue weighted by atomic mass is 19.1. The highest BCUT2D eigenvalue weighted by molar-refractivity contribution is 5.97. The Labute approximate surface area is 133 Å². The summed E-state index contributed by atoms with van der Waals surface area (Å²) in [6.45, 7) is 0.324. The van der Waals surface area contributed by atoms with Crippen molar-refractivity contribution in [3.8, 4) is 0 Å². The van der Waals surface area contributed by atoms with Crippen LogP contribution in [0, 0.1) is 5.82 Å². The van der Waals surface area contributed by atoms with Gasteiger partial charge in [0.15, 0.2) is 0 Å². The molecule has 1 aliphatic rings. The molecule has 2 N–H and O–H groups in total. The molecule has 1 saturated heterocycles. The molecule has 0 aromatic heterocycles. The van der Waals surface area contributed by atoms with Crippen LogP contribution < -0.4 is 15.5 Å².